The Morgan fingerprint density at radius 1 is 1.18 bits per heavy atom. The third kappa shape index (κ3) is 3.78. The largest absolute Gasteiger partial charge is 0.497 e. The number of rotatable bonds is 3. The van der Waals surface area contributed by atoms with Crippen LogP contribution in [0.3, 0.4) is 0 Å². The molecule has 2 rings (SSSR count). The standard InChI is InChI=1S/C17H23NO4/c1-17(2,3)22-16(20)14-6-5-11-18(14)15(19)12-7-9-13(21-4)10-8-12/h7-10,14H,5-6,11H2,1-4H3/t14-/m1/s1. The van der Waals surface area contributed by atoms with Crippen LogP contribution in [0.1, 0.15) is 44.0 Å². The minimum absolute atomic E-state index is 0.143. The first-order valence-electron chi connectivity index (χ1n) is 7.50. The SMILES string of the molecule is COc1ccc(C(=O)N2CCC[C@@H]2C(=O)OC(C)(C)C)cc1. The summed E-state index contributed by atoms with van der Waals surface area (Å²) >= 11 is 0. The Labute approximate surface area is 131 Å². The van der Waals surface area contributed by atoms with Gasteiger partial charge in [0.1, 0.15) is 17.4 Å². The quantitative estimate of drug-likeness (QED) is 0.806. The molecule has 0 spiro atoms. The van der Waals surface area contributed by atoms with E-state index in [1.807, 2.05) is 20.8 Å². The minimum Gasteiger partial charge on any atom is -0.497 e. The van der Waals surface area contributed by atoms with Crippen molar-refractivity contribution in [3.63, 3.8) is 0 Å². The number of ether oxygens (including phenoxy) is 2. The fourth-order valence-electron chi connectivity index (χ4n) is 2.52. The van der Waals surface area contributed by atoms with Crippen molar-refractivity contribution in [1.82, 2.24) is 4.90 Å². The van der Waals surface area contributed by atoms with Crippen molar-refractivity contribution in [1.29, 1.82) is 0 Å². The molecule has 0 aliphatic carbocycles. The van der Waals surface area contributed by atoms with Gasteiger partial charge in [-0.1, -0.05) is 0 Å². The first kappa shape index (κ1) is 16.3. The molecule has 1 atom stereocenters. The van der Waals surface area contributed by atoms with E-state index in [9.17, 15) is 9.59 Å². The van der Waals surface area contributed by atoms with Gasteiger partial charge in [-0.3, -0.25) is 4.79 Å². The summed E-state index contributed by atoms with van der Waals surface area (Å²) in [6.07, 6.45) is 1.46. The van der Waals surface area contributed by atoms with Crippen LogP contribution < -0.4 is 4.74 Å². The molecular weight excluding hydrogens is 282 g/mol. The number of likely N-dealkylation sites (tertiary alicyclic amines) is 1. The third-order valence-corrected chi connectivity index (χ3v) is 3.53. The van der Waals surface area contributed by atoms with Crippen molar-refractivity contribution in [2.45, 2.75) is 45.3 Å². The molecule has 0 bridgehead atoms. The van der Waals surface area contributed by atoms with E-state index in [-0.39, 0.29) is 11.9 Å². The number of hydrogen-bond donors (Lipinski definition) is 0. The number of carbonyl (C=O) groups is 2. The molecule has 0 saturated carbocycles. The van der Waals surface area contributed by atoms with E-state index >= 15 is 0 Å². The molecule has 1 saturated heterocycles. The second-order valence-corrected chi connectivity index (χ2v) is 6.42. The van der Waals surface area contributed by atoms with E-state index in [4.69, 9.17) is 9.47 Å². The monoisotopic (exact) mass is 305 g/mol. The molecule has 1 aliphatic rings. The van der Waals surface area contributed by atoms with Crippen LogP contribution in [0.4, 0.5) is 0 Å². The molecule has 1 aliphatic heterocycles. The first-order chi connectivity index (χ1) is 10.3. The Hall–Kier alpha value is -2.04. The summed E-state index contributed by atoms with van der Waals surface area (Å²) in [7, 11) is 1.58. The maximum atomic E-state index is 12.6. The molecule has 1 heterocycles. The molecule has 22 heavy (non-hydrogen) atoms. The van der Waals surface area contributed by atoms with Crippen LogP contribution >= 0.6 is 0 Å². The van der Waals surface area contributed by atoms with Gasteiger partial charge in [0.15, 0.2) is 0 Å². The van der Waals surface area contributed by atoms with Crippen LogP contribution in [0.5, 0.6) is 5.75 Å². The lowest BCUT2D eigenvalue weighted by atomic mass is 10.1. The highest BCUT2D eigenvalue weighted by molar-refractivity contribution is 5.97. The predicted octanol–water partition coefficient (Wildman–Crippen LogP) is 2.64. The second-order valence-electron chi connectivity index (χ2n) is 6.42. The van der Waals surface area contributed by atoms with Crippen LogP contribution in [0.2, 0.25) is 0 Å². The van der Waals surface area contributed by atoms with Crippen LogP contribution in [-0.2, 0) is 9.53 Å². The van der Waals surface area contributed by atoms with Gasteiger partial charge in [-0.15, -0.1) is 0 Å². The molecule has 120 valence electrons. The van der Waals surface area contributed by atoms with Gasteiger partial charge in [-0.25, -0.2) is 4.79 Å². The third-order valence-electron chi connectivity index (χ3n) is 3.53. The normalized spacial score (nSPS) is 18.2. The van der Waals surface area contributed by atoms with Crippen LogP contribution in [0.25, 0.3) is 0 Å². The molecule has 0 aromatic heterocycles. The first-order valence-corrected chi connectivity index (χ1v) is 7.50. The summed E-state index contributed by atoms with van der Waals surface area (Å²) in [5, 5.41) is 0. The van der Waals surface area contributed by atoms with E-state index in [1.165, 1.54) is 0 Å². The van der Waals surface area contributed by atoms with Crippen molar-refractivity contribution < 1.29 is 19.1 Å². The van der Waals surface area contributed by atoms with E-state index in [0.29, 0.717) is 24.3 Å². The van der Waals surface area contributed by atoms with Gasteiger partial charge >= 0.3 is 5.97 Å². The van der Waals surface area contributed by atoms with Crippen molar-refractivity contribution in [3.8, 4) is 5.75 Å². The summed E-state index contributed by atoms with van der Waals surface area (Å²) in [5.74, 6) is 0.226. The minimum atomic E-state index is -0.547. The number of nitrogens with zero attached hydrogens (tertiary/aromatic N) is 1. The Morgan fingerprint density at radius 3 is 2.36 bits per heavy atom. The van der Waals surface area contributed by atoms with E-state index in [1.54, 1.807) is 36.3 Å². The topological polar surface area (TPSA) is 55.8 Å². The fraction of sp³-hybridized carbons (Fsp3) is 0.529. The zero-order valence-electron chi connectivity index (χ0n) is 13.6. The van der Waals surface area contributed by atoms with E-state index in [0.717, 1.165) is 6.42 Å². The average molecular weight is 305 g/mol. The van der Waals surface area contributed by atoms with Crippen molar-refractivity contribution in [2.75, 3.05) is 13.7 Å². The molecule has 0 N–H and O–H groups in total. The smallest absolute Gasteiger partial charge is 0.329 e. The molecule has 1 aromatic rings. The lowest BCUT2D eigenvalue weighted by molar-refractivity contribution is -0.159. The molecule has 1 amide bonds. The Morgan fingerprint density at radius 2 is 1.82 bits per heavy atom. The molecule has 1 aromatic carbocycles. The highest BCUT2D eigenvalue weighted by atomic mass is 16.6. The number of esters is 1. The summed E-state index contributed by atoms with van der Waals surface area (Å²) in [4.78, 5) is 26.5. The molecule has 5 nitrogen and oxygen atoms in total. The van der Waals surface area contributed by atoms with Gasteiger partial charge in [0, 0.05) is 12.1 Å². The summed E-state index contributed by atoms with van der Waals surface area (Å²) in [6, 6.07) is 6.42. The number of benzene rings is 1. The lowest BCUT2D eigenvalue weighted by Crippen LogP contribution is -2.43. The highest BCUT2D eigenvalue weighted by Gasteiger charge is 2.37. The number of amides is 1. The maximum Gasteiger partial charge on any atom is 0.329 e. The van der Waals surface area contributed by atoms with Gasteiger partial charge in [0.2, 0.25) is 0 Å². The maximum absolute atomic E-state index is 12.6. The Balaban J connectivity index is 2.12. The molecule has 1 fully saturated rings. The second kappa shape index (κ2) is 6.38. The van der Waals surface area contributed by atoms with Crippen molar-refractivity contribution in [3.05, 3.63) is 29.8 Å². The Bertz CT molecular complexity index is 545. The Kier molecular flexibility index (Phi) is 4.74. The van der Waals surface area contributed by atoms with E-state index < -0.39 is 11.6 Å². The average Bonchev–Trinajstić information content (AvgIpc) is 2.94. The van der Waals surface area contributed by atoms with Gasteiger partial charge in [0.25, 0.3) is 5.91 Å². The van der Waals surface area contributed by atoms with Crippen LogP contribution in [-0.4, -0.2) is 42.1 Å². The lowest BCUT2D eigenvalue weighted by Gasteiger charge is -2.27. The molecule has 0 unspecified atom stereocenters. The van der Waals surface area contributed by atoms with Crippen molar-refractivity contribution >= 4 is 11.9 Å². The van der Waals surface area contributed by atoms with Crippen LogP contribution in [0, 0.1) is 0 Å². The van der Waals surface area contributed by atoms with Crippen LogP contribution in [0.15, 0.2) is 24.3 Å². The molecular formula is C17H23NO4. The van der Waals surface area contributed by atoms with Crippen molar-refractivity contribution in [2.24, 2.45) is 0 Å². The summed E-state index contributed by atoms with van der Waals surface area (Å²) in [5.41, 5.74) is 0.00497. The molecule has 0 radical (unpaired) electrons. The number of hydrogen-bond acceptors (Lipinski definition) is 4. The van der Waals surface area contributed by atoms with Gasteiger partial charge < -0.3 is 14.4 Å². The van der Waals surface area contributed by atoms with Gasteiger partial charge in [-0.05, 0) is 57.9 Å². The molecule has 5 heteroatoms. The number of carbonyl (C=O) groups excluding carboxylic acids is 2. The summed E-state index contributed by atoms with van der Waals surface area (Å²) in [6.45, 7) is 6.06. The predicted molar refractivity (Wildman–Crippen MR) is 82.9 cm³/mol. The zero-order valence-corrected chi connectivity index (χ0v) is 13.6. The summed E-state index contributed by atoms with van der Waals surface area (Å²) < 4.78 is 10.5. The zero-order chi connectivity index (χ0) is 16.3. The fourth-order valence-corrected chi connectivity index (χ4v) is 2.52. The van der Waals surface area contributed by atoms with Gasteiger partial charge in [-0.2, -0.15) is 0 Å². The van der Waals surface area contributed by atoms with E-state index in [2.05, 4.69) is 0 Å². The number of methoxy groups -OCH3 is 1. The van der Waals surface area contributed by atoms with Gasteiger partial charge in [0.05, 0.1) is 7.11 Å². The highest BCUT2D eigenvalue weighted by Crippen LogP contribution is 2.24.